The molecule has 0 amide bonds. The van der Waals surface area contributed by atoms with Gasteiger partial charge >= 0.3 is 5.97 Å². The summed E-state index contributed by atoms with van der Waals surface area (Å²) in [5, 5.41) is 2.12. The van der Waals surface area contributed by atoms with Crippen LogP contribution in [0.5, 0.6) is 0 Å². The third kappa shape index (κ3) is 3.54. The molecule has 1 fully saturated rings. The summed E-state index contributed by atoms with van der Waals surface area (Å²) in [5.41, 5.74) is 0. The Bertz CT molecular complexity index is 342. The Hall–Kier alpha value is -0.870. The van der Waals surface area contributed by atoms with E-state index in [-0.39, 0.29) is 11.9 Å². The second kappa shape index (κ2) is 6.17. The van der Waals surface area contributed by atoms with E-state index in [0.29, 0.717) is 0 Å². The number of thiophene rings is 1. The molecule has 0 atom stereocenters. The highest BCUT2D eigenvalue weighted by atomic mass is 32.1. The highest BCUT2D eigenvalue weighted by Crippen LogP contribution is 2.19. The van der Waals surface area contributed by atoms with Crippen LogP contribution in [0.4, 0.5) is 0 Å². The van der Waals surface area contributed by atoms with E-state index in [4.69, 9.17) is 4.74 Å². The van der Waals surface area contributed by atoms with Gasteiger partial charge in [0.1, 0.15) is 0 Å². The van der Waals surface area contributed by atoms with Crippen LogP contribution in [0.1, 0.15) is 17.7 Å². The fourth-order valence-corrected chi connectivity index (χ4v) is 2.98. The molecule has 0 aliphatic carbocycles. The van der Waals surface area contributed by atoms with Gasteiger partial charge < -0.3 is 9.64 Å². The van der Waals surface area contributed by atoms with E-state index in [2.05, 4.69) is 22.4 Å². The minimum absolute atomic E-state index is 0.0390. The molecule has 0 saturated carbocycles. The topological polar surface area (TPSA) is 29.5 Å². The number of carbonyl (C=O) groups is 1. The maximum absolute atomic E-state index is 11.4. The van der Waals surface area contributed by atoms with Crippen molar-refractivity contribution in [3.05, 3.63) is 22.4 Å². The van der Waals surface area contributed by atoms with E-state index in [1.165, 1.54) is 12.0 Å². The van der Waals surface area contributed by atoms with Crippen LogP contribution >= 0.6 is 11.3 Å². The monoisotopic (exact) mass is 253 g/mol. The highest BCUT2D eigenvalue weighted by Gasteiger charge is 2.25. The summed E-state index contributed by atoms with van der Waals surface area (Å²) < 4.78 is 4.79. The van der Waals surface area contributed by atoms with Gasteiger partial charge in [0.15, 0.2) is 0 Å². The first-order chi connectivity index (χ1) is 8.29. The molecular formula is C13H19NO2S. The summed E-state index contributed by atoms with van der Waals surface area (Å²) in [5.74, 6) is 0.0842. The number of rotatable bonds is 4. The lowest BCUT2D eigenvalue weighted by Crippen LogP contribution is -2.37. The number of carbonyl (C=O) groups excluding carboxylic acids is 1. The van der Waals surface area contributed by atoms with Crippen molar-refractivity contribution in [3.63, 3.8) is 0 Å². The predicted molar refractivity (Wildman–Crippen MR) is 69.2 cm³/mol. The van der Waals surface area contributed by atoms with E-state index < -0.39 is 0 Å². The van der Waals surface area contributed by atoms with Gasteiger partial charge in [-0.15, -0.1) is 11.3 Å². The van der Waals surface area contributed by atoms with Crippen molar-refractivity contribution in [2.24, 2.45) is 5.92 Å². The lowest BCUT2D eigenvalue weighted by Gasteiger charge is -2.30. The zero-order chi connectivity index (χ0) is 12.1. The van der Waals surface area contributed by atoms with Crippen molar-refractivity contribution in [2.45, 2.75) is 19.3 Å². The van der Waals surface area contributed by atoms with Crippen molar-refractivity contribution in [2.75, 3.05) is 26.7 Å². The molecular weight excluding hydrogens is 234 g/mol. The van der Waals surface area contributed by atoms with Gasteiger partial charge in [0.2, 0.25) is 0 Å². The summed E-state index contributed by atoms with van der Waals surface area (Å²) in [4.78, 5) is 15.3. The average molecular weight is 253 g/mol. The van der Waals surface area contributed by atoms with Gasteiger partial charge in [0.25, 0.3) is 0 Å². The Labute approximate surface area is 106 Å². The van der Waals surface area contributed by atoms with Gasteiger partial charge in [0, 0.05) is 11.4 Å². The second-order valence-electron chi connectivity index (χ2n) is 4.47. The third-order valence-corrected chi connectivity index (χ3v) is 4.31. The molecule has 0 aromatic carbocycles. The van der Waals surface area contributed by atoms with E-state index in [9.17, 15) is 4.79 Å². The van der Waals surface area contributed by atoms with E-state index in [1.54, 1.807) is 0 Å². The molecule has 94 valence electrons. The van der Waals surface area contributed by atoms with Crippen molar-refractivity contribution in [3.8, 4) is 0 Å². The van der Waals surface area contributed by atoms with E-state index in [1.807, 2.05) is 11.3 Å². The van der Waals surface area contributed by atoms with Crippen LogP contribution in [0.3, 0.4) is 0 Å². The van der Waals surface area contributed by atoms with Crippen LogP contribution in [0.2, 0.25) is 0 Å². The third-order valence-electron chi connectivity index (χ3n) is 3.38. The van der Waals surface area contributed by atoms with Crippen LogP contribution < -0.4 is 0 Å². The molecule has 2 heterocycles. The number of ether oxygens (including phenoxy) is 1. The smallest absolute Gasteiger partial charge is 0.308 e. The van der Waals surface area contributed by atoms with Gasteiger partial charge in [-0.1, -0.05) is 6.07 Å². The Kier molecular flexibility index (Phi) is 4.57. The molecule has 0 radical (unpaired) electrons. The van der Waals surface area contributed by atoms with Crippen LogP contribution in [-0.2, 0) is 16.0 Å². The van der Waals surface area contributed by atoms with Crippen LogP contribution in [0.15, 0.2) is 17.5 Å². The first-order valence-corrected chi connectivity index (χ1v) is 7.00. The molecule has 1 saturated heterocycles. The largest absolute Gasteiger partial charge is 0.469 e. The lowest BCUT2D eigenvalue weighted by atomic mass is 9.97. The maximum atomic E-state index is 11.4. The summed E-state index contributed by atoms with van der Waals surface area (Å²) >= 11 is 1.82. The minimum atomic E-state index is -0.0390. The predicted octanol–water partition coefficient (Wildman–Crippen LogP) is 2.18. The highest BCUT2D eigenvalue weighted by molar-refractivity contribution is 7.09. The fraction of sp³-hybridized carbons (Fsp3) is 0.615. The molecule has 17 heavy (non-hydrogen) atoms. The summed E-state index contributed by atoms with van der Waals surface area (Å²) in [6.45, 7) is 3.14. The minimum Gasteiger partial charge on any atom is -0.469 e. The Morgan fingerprint density at radius 3 is 2.88 bits per heavy atom. The van der Waals surface area contributed by atoms with Gasteiger partial charge in [-0.2, -0.15) is 0 Å². The van der Waals surface area contributed by atoms with Crippen LogP contribution in [-0.4, -0.2) is 37.6 Å². The van der Waals surface area contributed by atoms with Crippen molar-refractivity contribution in [1.29, 1.82) is 0 Å². The molecule has 1 aromatic heterocycles. The summed E-state index contributed by atoms with van der Waals surface area (Å²) in [7, 11) is 1.48. The fourth-order valence-electron chi connectivity index (χ4n) is 2.28. The average Bonchev–Trinajstić information content (AvgIpc) is 2.89. The van der Waals surface area contributed by atoms with E-state index in [0.717, 1.165) is 38.9 Å². The summed E-state index contributed by atoms with van der Waals surface area (Å²) in [6, 6.07) is 4.29. The number of hydrogen-bond donors (Lipinski definition) is 0. The lowest BCUT2D eigenvalue weighted by molar-refractivity contribution is -0.147. The van der Waals surface area contributed by atoms with Gasteiger partial charge in [-0.3, -0.25) is 4.79 Å². The molecule has 1 aliphatic heterocycles. The Balaban J connectivity index is 1.70. The first-order valence-electron chi connectivity index (χ1n) is 6.12. The zero-order valence-corrected chi connectivity index (χ0v) is 11.0. The van der Waals surface area contributed by atoms with Gasteiger partial charge in [-0.25, -0.2) is 0 Å². The number of likely N-dealkylation sites (tertiary alicyclic amines) is 1. The molecule has 1 aromatic rings. The number of nitrogens with zero attached hydrogens (tertiary/aromatic N) is 1. The molecule has 0 unspecified atom stereocenters. The van der Waals surface area contributed by atoms with Crippen molar-refractivity contribution in [1.82, 2.24) is 4.90 Å². The molecule has 1 aliphatic rings. The molecule has 3 nitrogen and oxygen atoms in total. The Morgan fingerprint density at radius 1 is 1.53 bits per heavy atom. The van der Waals surface area contributed by atoms with Crippen molar-refractivity contribution >= 4 is 17.3 Å². The number of methoxy groups -OCH3 is 1. The number of piperidine rings is 1. The number of hydrogen-bond acceptors (Lipinski definition) is 4. The second-order valence-corrected chi connectivity index (χ2v) is 5.50. The standard InChI is InChI=1S/C13H19NO2S/c1-16-13(15)11-4-7-14(8-5-11)9-6-12-3-2-10-17-12/h2-3,10-11H,4-9H2,1H3. The molecule has 2 rings (SSSR count). The normalized spacial score (nSPS) is 18.2. The molecule has 0 N–H and O–H groups in total. The maximum Gasteiger partial charge on any atom is 0.308 e. The molecule has 0 bridgehead atoms. The molecule has 0 spiro atoms. The van der Waals surface area contributed by atoms with Crippen LogP contribution in [0.25, 0.3) is 0 Å². The van der Waals surface area contributed by atoms with Gasteiger partial charge in [-0.05, 0) is 43.8 Å². The molecule has 4 heteroatoms. The SMILES string of the molecule is COC(=O)C1CCN(CCc2cccs2)CC1. The number of esters is 1. The Morgan fingerprint density at radius 2 is 2.29 bits per heavy atom. The summed E-state index contributed by atoms with van der Waals surface area (Å²) in [6.07, 6.45) is 3.01. The van der Waals surface area contributed by atoms with Crippen molar-refractivity contribution < 1.29 is 9.53 Å². The zero-order valence-electron chi connectivity index (χ0n) is 10.2. The van der Waals surface area contributed by atoms with Gasteiger partial charge in [0.05, 0.1) is 13.0 Å². The quantitative estimate of drug-likeness (QED) is 0.770. The van der Waals surface area contributed by atoms with E-state index >= 15 is 0 Å². The first kappa shape index (κ1) is 12.6. The van der Waals surface area contributed by atoms with Crippen LogP contribution in [0, 0.1) is 5.92 Å².